The van der Waals surface area contributed by atoms with Crippen molar-refractivity contribution in [2.75, 3.05) is 36.7 Å². The van der Waals surface area contributed by atoms with Crippen molar-refractivity contribution in [2.24, 2.45) is 0 Å². The van der Waals surface area contributed by atoms with Crippen LogP contribution in [-0.4, -0.2) is 47.0 Å². The number of rotatable bonds is 4. The molecule has 2 aliphatic heterocycles. The van der Waals surface area contributed by atoms with Crippen LogP contribution in [0.3, 0.4) is 0 Å². The molecule has 0 bridgehead atoms. The summed E-state index contributed by atoms with van der Waals surface area (Å²) in [5, 5.41) is 0. The highest BCUT2D eigenvalue weighted by Crippen LogP contribution is 2.58. The molecule has 1 atom stereocenters. The van der Waals surface area contributed by atoms with E-state index in [2.05, 4.69) is 0 Å². The summed E-state index contributed by atoms with van der Waals surface area (Å²) < 4.78 is 30.4. The van der Waals surface area contributed by atoms with Crippen molar-refractivity contribution < 1.29 is 17.9 Å². The Kier molecular flexibility index (Phi) is 4.74. The fourth-order valence-electron chi connectivity index (χ4n) is 4.88. The average molecular weight is 441 g/mol. The van der Waals surface area contributed by atoms with Crippen molar-refractivity contribution in [1.29, 1.82) is 0 Å². The molecule has 7 heteroatoms. The van der Waals surface area contributed by atoms with Crippen LogP contribution in [0.25, 0.3) is 6.08 Å². The van der Waals surface area contributed by atoms with E-state index in [9.17, 15) is 13.2 Å². The van der Waals surface area contributed by atoms with Crippen molar-refractivity contribution in [3.63, 3.8) is 0 Å². The lowest BCUT2D eigenvalue weighted by Crippen LogP contribution is -2.54. The number of carbonyl (C=O) groups is 1. The Labute approximate surface area is 184 Å². The number of hydrogen-bond donors (Lipinski definition) is 0. The number of sulfone groups is 1. The molecular weight excluding hydrogens is 412 g/mol. The molecule has 1 unspecified atom stereocenters. The summed E-state index contributed by atoms with van der Waals surface area (Å²) in [5.41, 5.74) is 3.02. The standard InChI is InChI=1S/C24H28N2O4S/c1-16(13-17-7-9-18(10-8-17)25(4)5)24-23(2,3)20-14-19(31(6,28)29)11-12-21(20)26(24)15-22(27)30-24/h7-14H,15H2,1-6H3. The van der Waals surface area contributed by atoms with Crippen molar-refractivity contribution in [2.45, 2.75) is 36.8 Å². The molecule has 31 heavy (non-hydrogen) atoms. The van der Waals surface area contributed by atoms with Gasteiger partial charge in [-0.15, -0.1) is 0 Å². The van der Waals surface area contributed by atoms with E-state index in [1.54, 1.807) is 18.2 Å². The summed E-state index contributed by atoms with van der Waals surface area (Å²) in [7, 11) is 0.634. The molecule has 2 aliphatic rings. The Bertz CT molecular complexity index is 1200. The smallest absolute Gasteiger partial charge is 0.328 e. The maximum absolute atomic E-state index is 12.5. The molecule has 6 nitrogen and oxygen atoms in total. The lowest BCUT2D eigenvalue weighted by molar-refractivity contribution is -0.148. The zero-order valence-electron chi connectivity index (χ0n) is 18.8. The van der Waals surface area contributed by atoms with Gasteiger partial charge >= 0.3 is 5.97 Å². The van der Waals surface area contributed by atoms with E-state index in [-0.39, 0.29) is 17.4 Å². The third-order valence-corrected chi connectivity index (χ3v) is 7.57. The van der Waals surface area contributed by atoms with Gasteiger partial charge in [-0.25, -0.2) is 8.42 Å². The molecule has 0 amide bonds. The average Bonchev–Trinajstić information content (AvgIpc) is 3.13. The van der Waals surface area contributed by atoms with Gasteiger partial charge in [0.25, 0.3) is 0 Å². The molecule has 2 heterocycles. The molecule has 0 spiro atoms. The summed E-state index contributed by atoms with van der Waals surface area (Å²) in [6.07, 6.45) is 3.24. The first-order chi connectivity index (χ1) is 14.4. The summed E-state index contributed by atoms with van der Waals surface area (Å²) in [4.78, 5) is 16.7. The van der Waals surface area contributed by atoms with Gasteiger partial charge in [-0.2, -0.15) is 0 Å². The van der Waals surface area contributed by atoms with Gasteiger partial charge in [0, 0.05) is 31.7 Å². The van der Waals surface area contributed by atoms with Crippen LogP contribution in [-0.2, 0) is 24.8 Å². The minimum Gasteiger partial charge on any atom is -0.433 e. The molecule has 0 N–H and O–H groups in total. The van der Waals surface area contributed by atoms with Gasteiger partial charge in [-0.1, -0.05) is 18.2 Å². The largest absolute Gasteiger partial charge is 0.433 e. The molecular formula is C24H28N2O4S. The van der Waals surface area contributed by atoms with Gasteiger partial charge < -0.3 is 14.5 Å². The molecule has 0 radical (unpaired) electrons. The highest BCUT2D eigenvalue weighted by atomic mass is 32.2. The third-order valence-electron chi connectivity index (χ3n) is 6.46. The van der Waals surface area contributed by atoms with Crippen molar-refractivity contribution in [1.82, 2.24) is 0 Å². The maximum atomic E-state index is 12.5. The SMILES string of the molecule is CC(=Cc1ccc(N(C)C)cc1)C12OC(=O)CN1c1ccc(S(C)(=O)=O)cc1C2(C)C. The Hall–Kier alpha value is -2.80. The topological polar surface area (TPSA) is 66.9 Å². The molecule has 0 aliphatic carbocycles. The van der Waals surface area contributed by atoms with Gasteiger partial charge in [-0.05, 0) is 67.8 Å². The van der Waals surface area contributed by atoms with E-state index >= 15 is 0 Å². The number of anilines is 2. The number of carbonyl (C=O) groups excluding carboxylic acids is 1. The zero-order valence-corrected chi connectivity index (χ0v) is 19.6. The monoisotopic (exact) mass is 440 g/mol. The van der Waals surface area contributed by atoms with Crippen LogP contribution in [0.1, 0.15) is 31.9 Å². The van der Waals surface area contributed by atoms with Crippen molar-refractivity contribution >= 4 is 33.3 Å². The van der Waals surface area contributed by atoms with E-state index in [4.69, 9.17) is 4.74 Å². The highest BCUT2D eigenvalue weighted by molar-refractivity contribution is 7.90. The second-order valence-electron chi connectivity index (χ2n) is 9.09. The van der Waals surface area contributed by atoms with Gasteiger partial charge in [0.05, 0.1) is 10.3 Å². The molecule has 1 saturated heterocycles. The summed E-state index contributed by atoms with van der Waals surface area (Å²) in [6.45, 7) is 6.10. The van der Waals surface area contributed by atoms with Gasteiger partial charge in [0.15, 0.2) is 9.84 Å². The Balaban J connectivity index is 1.85. The predicted molar refractivity (Wildman–Crippen MR) is 123 cm³/mol. The molecule has 2 aromatic rings. The normalized spacial score (nSPS) is 22.2. The Morgan fingerprint density at radius 1 is 1.13 bits per heavy atom. The zero-order chi connectivity index (χ0) is 22.8. The summed E-state index contributed by atoms with van der Waals surface area (Å²) in [5.74, 6) is -0.290. The first-order valence-electron chi connectivity index (χ1n) is 10.2. The van der Waals surface area contributed by atoms with Crippen LogP contribution in [0.15, 0.2) is 52.9 Å². The molecule has 0 saturated carbocycles. The number of esters is 1. The third kappa shape index (κ3) is 3.14. The van der Waals surface area contributed by atoms with Crippen LogP contribution in [0.2, 0.25) is 0 Å². The minimum atomic E-state index is -3.35. The van der Waals surface area contributed by atoms with Gasteiger partial charge in [0.2, 0.25) is 5.72 Å². The fraction of sp³-hybridized carbons (Fsp3) is 0.375. The van der Waals surface area contributed by atoms with Crippen molar-refractivity contribution in [3.8, 4) is 0 Å². The lowest BCUT2D eigenvalue weighted by Gasteiger charge is -2.42. The first-order valence-corrected chi connectivity index (χ1v) is 12.1. The highest BCUT2D eigenvalue weighted by Gasteiger charge is 2.64. The summed E-state index contributed by atoms with van der Waals surface area (Å²) in [6, 6.07) is 13.3. The fourth-order valence-corrected chi connectivity index (χ4v) is 5.53. The van der Waals surface area contributed by atoms with E-state index in [1.165, 1.54) is 6.26 Å². The van der Waals surface area contributed by atoms with E-state index < -0.39 is 21.0 Å². The van der Waals surface area contributed by atoms with Crippen LogP contribution >= 0.6 is 0 Å². The molecule has 2 aromatic carbocycles. The number of fused-ring (bicyclic) bond motifs is 3. The van der Waals surface area contributed by atoms with E-state index in [0.29, 0.717) is 0 Å². The molecule has 0 aromatic heterocycles. The Morgan fingerprint density at radius 3 is 2.35 bits per heavy atom. The van der Waals surface area contributed by atoms with Crippen LogP contribution in [0, 0.1) is 0 Å². The number of hydrogen-bond acceptors (Lipinski definition) is 6. The number of nitrogens with zero attached hydrogens (tertiary/aromatic N) is 2. The number of benzene rings is 2. The molecule has 164 valence electrons. The van der Waals surface area contributed by atoms with Crippen molar-refractivity contribution in [3.05, 3.63) is 59.2 Å². The minimum absolute atomic E-state index is 0.124. The van der Waals surface area contributed by atoms with E-state index in [0.717, 1.165) is 28.1 Å². The van der Waals surface area contributed by atoms with Gasteiger partial charge in [0.1, 0.15) is 6.54 Å². The quantitative estimate of drug-likeness (QED) is 0.677. The number of ether oxygens (including phenoxy) is 1. The van der Waals surface area contributed by atoms with Crippen LogP contribution < -0.4 is 9.80 Å². The maximum Gasteiger partial charge on any atom is 0.328 e. The molecule has 4 rings (SSSR count). The molecule has 1 fully saturated rings. The lowest BCUT2D eigenvalue weighted by atomic mass is 9.74. The second-order valence-corrected chi connectivity index (χ2v) is 11.1. The van der Waals surface area contributed by atoms with Crippen LogP contribution in [0.4, 0.5) is 11.4 Å². The van der Waals surface area contributed by atoms with E-state index in [1.807, 2.05) is 75.0 Å². The Morgan fingerprint density at radius 2 is 1.77 bits per heavy atom. The second kappa shape index (κ2) is 6.85. The first kappa shape index (κ1) is 21.4. The van der Waals surface area contributed by atoms with Crippen LogP contribution in [0.5, 0.6) is 0 Å². The predicted octanol–water partition coefficient (Wildman–Crippen LogP) is 3.61. The van der Waals surface area contributed by atoms with Gasteiger partial charge in [-0.3, -0.25) is 4.79 Å². The summed E-state index contributed by atoms with van der Waals surface area (Å²) >= 11 is 0.